The van der Waals surface area contributed by atoms with Gasteiger partial charge in [-0.05, 0) is 64.4 Å². The highest BCUT2D eigenvalue weighted by atomic mass is 32.1. The summed E-state index contributed by atoms with van der Waals surface area (Å²) in [5, 5.41) is 8.54. The Bertz CT molecular complexity index is 1890. The van der Waals surface area contributed by atoms with Crippen LogP contribution in [-0.4, -0.2) is 16.0 Å². The van der Waals surface area contributed by atoms with Gasteiger partial charge in [-0.3, -0.25) is 0 Å². The van der Waals surface area contributed by atoms with Crippen molar-refractivity contribution in [2.75, 3.05) is 16.4 Å². The highest BCUT2D eigenvalue weighted by molar-refractivity contribution is 7.18. The maximum Gasteiger partial charge on any atom is 0.416 e. The van der Waals surface area contributed by atoms with Crippen LogP contribution in [0.5, 0.6) is 0 Å². The molecule has 0 atom stereocenters. The van der Waals surface area contributed by atoms with Crippen molar-refractivity contribution in [1.29, 1.82) is 0 Å². The fourth-order valence-electron chi connectivity index (χ4n) is 4.52. The number of hydrogen-bond donors (Lipinski definition) is 4. The Hall–Kier alpha value is -4.90. The molecular weight excluding hydrogens is 542 g/mol. The number of benzene rings is 3. The van der Waals surface area contributed by atoms with Gasteiger partial charge in [0.05, 0.1) is 11.3 Å². The molecule has 40 heavy (non-hydrogen) atoms. The van der Waals surface area contributed by atoms with Crippen LogP contribution in [0.2, 0.25) is 0 Å². The van der Waals surface area contributed by atoms with Crippen LogP contribution in [0.3, 0.4) is 0 Å². The Morgan fingerprint density at radius 3 is 2.48 bits per heavy atom. The van der Waals surface area contributed by atoms with Crippen molar-refractivity contribution in [2.45, 2.75) is 6.18 Å². The number of nitrogens with two attached hydrogens (primary N) is 1. The van der Waals surface area contributed by atoms with Crippen LogP contribution in [0.4, 0.5) is 39.5 Å². The van der Waals surface area contributed by atoms with Gasteiger partial charge in [0.2, 0.25) is 0 Å². The van der Waals surface area contributed by atoms with Crippen molar-refractivity contribution in [3.63, 3.8) is 0 Å². The number of amides is 2. The van der Waals surface area contributed by atoms with Crippen molar-refractivity contribution in [3.8, 4) is 22.3 Å². The maximum atomic E-state index is 14.0. The van der Waals surface area contributed by atoms with Crippen LogP contribution >= 0.6 is 11.3 Å². The number of alkyl halides is 3. The van der Waals surface area contributed by atoms with E-state index in [2.05, 4.69) is 26.7 Å². The molecule has 0 bridgehead atoms. The Balaban J connectivity index is 1.25. The third kappa shape index (κ3) is 4.71. The minimum absolute atomic E-state index is 0.360. The van der Waals surface area contributed by atoms with E-state index in [0.29, 0.717) is 29.7 Å². The smallest absolute Gasteiger partial charge is 0.383 e. The molecule has 0 aliphatic carbocycles. The summed E-state index contributed by atoms with van der Waals surface area (Å²) in [5.41, 5.74) is 9.68. The summed E-state index contributed by atoms with van der Waals surface area (Å²) in [7, 11) is 0. The molecule has 6 rings (SSSR count). The Morgan fingerprint density at radius 1 is 0.925 bits per heavy atom. The van der Waals surface area contributed by atoms with Gasteiger partial charge < -0.3 is 21.4 Å². The minimum atomic E-state index is -4.67. The molecule has 0 saturated heterocycles. The summed E-state index contributed by atoms with van der Waals surface area (Å²) in [4.78, 5) is 20.0. The molecule has 0 aliphatic rings. The van der Waals surface area contributed by atoms with E-state index in [1.54, 1.807) is 41.8 Å². The third-order valence-corrected chi connectivity index (χ3v) is 7.50. The van der Waals surface area contributed by atoms with Crippen molar-refractivity contribution in [1.82, 2.24) is 9.97 Å². The van der Waals surface area contributed by atoms with Crippen LogP contribution in [0, 0.1) is 5.82 Å². The monoisotopic (exact) mass is 561 g/mol. The molecule has 0 radical (unpaired) electrons. The van der Waals surface area contributed by atoms with Gasteiger partial charge in [-0.2, -0.15) is 13.2 Å². The second-order valence-corrected chi connectivity index (χ2v) is 9.92. The number of urea groups is 1. The Labute approximate surface area is 228 Å². The molecule has 6 nitrogen and oxygen atoms in total. The number of halogens is 4. The summed E-state index contributed by atoms with van der Waals surface area (Å²) in [6.45, 7) is 0. The molecule has 2 amide bonds. The van der Waals surface area contributed by atoms with E-state index in [0.717, 1.165) is 43.2 Å². The fourth-order valence-corrected chi connectivity index (χ4v) is 5.64. The topological polar surface area (TPSA) is 95.8 Å². The van der Waals surface area contributed by atoms with E-state index >= 15 is 0 Å². The van der Waals surface area contributed by atoms with Crippen LogP contribution < -0.4 is 16.4 Å². The van der Waals surface area contributed by atoms with E-state index in [1.807, 2.05) is 29.8 Å². The third-order valence-electron chi connectivity index (χ3n) is 6.49. The number of fused-ring (bicyclic) bond motifs is 2. The molecule has 3 aromatic heterocycles. The number of rotatable bonds is 4. The number of pyridine rings is 1. The van der Waals surface area contributed by atoms with Gasteiger partial charge in [0, 0.05) is 44.8 Å². The molecule has 5 N–H and O–H groups in total. The van der Waals surface area contributed by atoms with E-state index in [9.17, 15) is 22.4 Å². The number of aromatic amines is 1. The first-order chi connectivity index (χ1) is 19.2. The zero-order valence-electron chi connectivity index (χ0n) is 20.4. The minimum Gasteiger partial charge on any atom is -0.383 e. The number of H-pyrrole nitrogens is 1. The second-order valence-electron chi connectivity index (χ2n) is 9.04. The molecule has 0 saturated carbocycles. The van der Waals surface area contributed by atoms with Crippen molar-refractivity contribution in [3.05, 3.63) is 95.9 Å². The van der Waals surface area contributed by atoms with Crippen molar-refractivity contribution >= 4 is 55.5 Å². The van der Waals surface area contributed by atoms with Gasteiger partial charge in [-0.15, -0.1) is 11.3 Å². The second kappa shape index (κ2) is 9.69. The number of thiophene rings is 1. The van der Waals surface area contributed by atoms with Crippen LogP contribution in [0.15, 0.2) is 84.5 Å². The van der Waals surface area contributed by atoms with Gasteiger partial charge in [0.25, 0.3) is 0 Å². The lowest BCUT2D eigenvalue weighted by Gasteiger charge is -2.12. The zero-order chi connectivity index (χ0) is 28.0. The normalized spacial score (nSPS) is 11.7. The highest BCUT2D eigenvalue weighted by Crippen LogP contribution is 2.42. The lowest BCUT2D eigenvalue weighted by atomic mass is 10.0. The predicted octanol–water partition coefficient (Wildman–Crippen LogP) is 8.50. The Morgan fingerprint density at radius 2 is 1.70 bits per heavy atom. The maximum absolute atomic E-state index is 14.0. The van der Waals surface area contributed by atoms with Gasteiger partial charge in [0.15, 0.2) is 0 Å². The largest absolute Gasteiger partial charge is 0.416 e. The Kier molecular flexibility index (Phi) is 6.15. The SMILES string of the molecule is Nc1ncc(-c2ccc3cc[nH]c3c2)c2scc(-c3ccc(NC(=O)Nc4cc(C(F)(F)F)ccc4F)cc3)c12. The van der Waals surface area contributed by atoms with Gasteiger partial charge in [-0.25, -0.2) is 14.2 Å². The summed E-state index contributed by atoms with van der Waals surface area (Å²) in [6, 6.07) is 15.9. The van der Waals surface area contributed by atoms with Gasteiger partial charge in [0.1, 0.15) is 11.6 Å². The molecule has 0 aliphatic heterocycles. The molecule has 0 fully saturated rings. The summed E-state index contributed by atoms with van der Waals surface area (Å²) in [6.07, 6.45) is -1.01. The fraction of sp³-hybridized carbons (Fsp3) is 0.0345. The molecule has 0 spiro atoms. The summed E-state index contributed by atoms with van der Waals surface area (Å²) >= 11 is 1.55. The number of carbonyl (C=O) groups is 1. The van der Waals surface area contributed by atoms with E-state index in [4.69, 9.17) is 5.73 Å². The van der Waals surface area contributed by atoms with Crippen LogP contribution in [-0.2, 0) is 6.18 Å². The lowest BCUT2D eigenvalue weighted by molar-refractivity contribution is -0.137. The average Bonchev–Trinajstić information content (AvgIpc) is 3.58. The summed E-state index contributed by atoms with van der Waals surface area (Å²) < 4.78 is 53.8. The standard InChI is InChI=1S/C29H19F4N5OS/c30-22-8-5-18(29(31,32)33)12-24(22)38-28(39)37-19-6-3-15(4-7-19)21-14-40-26-20(13-36-27(34)25(21)26)17-2-1-16-9-10-35-23(16)11-17/h1-14,35H,(H2,34,36)(H2,37,38,39). The number of nitrogen functional groups attached to an aromatic ring is 1. The first kappa shape index (κ1) is 25.4. The highest BCUT2D eigenvalue weighted by Gasteiger charge is 2.31. The number of hydrogen-bond acceptors (Lipinski definition) is 4. The number of nitrogens with zero attached hydrogens (tertiary/aromatic N) is 1. The van der Waals surface area contributed by atoms with Gasteiger partial charge in [-0.1, -0.05) is 24.3 Å². The van der Waals surface area contributed by atoms with Crippen LogP contribution in [0.1, 0.15) is 5.56 Å². The van der Waals surface area contributed by atoms with Crippen molar-refractivity contribution in [2.24, 2.45) is 0 Å². The first-order valence-electron chi connectivity index (χ1n) is 12.0. The quantitative estimate of drug-likeness (QED) is 0.163. The predicted molar refractivity (Wildman–Crippen MR) is 151 cm³/mol. The van der Waals surface area contributed by atoms with Gasteiger partial charge >= 0.3 is 12.2 Å². The van der Waals surface area contributed by atoms with E-state index < -0.39 is 29.3 Å². The molecule has 200 valence electrons. The first-order valence-corrected chi connectivity index (χ1v) is 12.8. The number of nitrogens with one attached hydrogen (secondary N) is 3. The summed E-state index contributed by atoms with van der Waals surface area (Å²) in [5.74, 6) is -0.595. The average molecular weight is 562 g/mol. The van der Waals surface area contributed by atoms with Crippen LogP contribution in [0.25, 0.3) is 43.2 Å². The number of carbonyl (C=O) groups excluding carboxylic acids is 1. The zero-order valence-corrected chi connectivity index (χ0v) is 21.3. The molecular formula is C29H19F4N5OS. The number of anilines is 3. The van der Waals surface area contributed by atoms with E-state index in [1.165, 1.54) is 0 Å². The molecule has 3 heterocycles. The molecule has 6 aromatic rings. The van der Waals surface area contributed by atoms with Crippen molar-refractivity contribution < 1.29 is 22.4 Å². The molecule has 0 unspecified atom stereocenters. The molecule has 11 heteroatoms. The van der Waals surface area contributed by atoms with E-state index in [-0.39, 0.29) is 0 Å². The lowest BCUT2D eigenvalue weighted by Crippen LogP contribution is -2.20. The number of aromatic nitrogens is 2. The molecule has 3 aromatic carbocycles.